The molecule has 1 aromatic carbocycles. The predicted octanol–water partition coefficient (Wildman–Crippen LogP) is 2.21. The fourth-order valence-corrected chi connectivity index (χ4v) is 1.40. The summed E-state index contributed by atoms with van der Waals surface area (Å²) < 4.78 is 30.8. The standard InChI is InChI=1S/C12H8F2N2O2/c1-18-12(17)11-15-5-4-10(16-11)8-3-2-7(13)6-9(8)14/h2-6H,1H3. The van der Waals surface area contributed by atoms with Crippen molar-refractivity contribution in [2.24, 2.45) is 0 Å². The van der Waals surface area contributed by atoms with E-state index in [2.05, 4.69) is 14.7 Å². The van der Waals surface area contributed by atoms with Gasteiger partial charge in [0.15, 0.2) is 0 Å². The van der Waals surface area contributed by atoms with Crippen LogP contribution in [0.5, 0.6) is 0 Å². The Morgan fingerprint density at radius 1 is 1.28 bits per heavy atom. The lowest BCUT2D eigenvalue weighted by molar-refractivity contribution is 0.0587. The number of nitrogens with zero attached hydrogens (tertiary/aromatic N) is 2. The van der Waals surface area contributed by atoms with E-state index < -0.39 is 17.6 Å². The van der Waals surface area contributed by atoms with Crippen molar-refractivity contribution in [2.75, 3.05) is 7.11 Å². The first-order valence-corrected chi connectivity index (χ1v) is 4.98. The van der Waals surface area contributed by atoms with Crippen LogP contribution in [0.25, 0.3) is 11.3 Å². The number of ether oxygens (including phenoxy) is 1. The zero-order chi connectivity index (χ0) is 13.1. The van der Waals surface area contributed by atoms with Gasteiger partial charge in [-0.2, -0.15) is 0 Å². The van der Waals surface area contributed by atoms with Crippen LogP contribution in [-0.2, 0) is 4.74 Å². The molecule has 0 saturated carbocycles. The Bertz CT molecular complexity index is 602. The Kier molecular flexibility index (Phi) is 3.27. The maximum atomic E-state index is 13.5. The van der Waals surface area contributed by atoms with Gasteiger partial charge in [-0.15, -0.1) is 0 Å². The van der Waals surface area contributed by atoms with Crippen LogP contribution in [-0.4, -0.2) is 23.0 Å². The second kappa shape index (κ2) is 4.87. The number of hydrogen-bond acceptors (Lipinski definition) is 4. The SMILES string of the molecule is COC(=O)c1nccc(-c2ccc(F)cc2F)n1. The van der Waals surface area contributed by atoms with Gasteiger partial charge in [0.1, 0.15) is 11.6 Å². The quantitative estimate of drug-likeness (QED) is 0.767. The van der Waals surface area contributed by atoms with Gasteiger partial charge in [0, 0.05) is 17.8 Å². The first-order valence-electron chi connectivity index (χ1n) is 4.98. The van der Waals surface area contributed by atoms with Gasteiger partial charge in [-0.1, -0.05) is 0 Å². The fourth-order valence-electron chi connectivity index (χ4n) is 1.40. The van der Waals surface area contributed by atoms with Crippen LogP contribution in [0.2, 0.25) is 0 Å². The molecule has 18 heavy (non-hydrogen) atoms. The second-order valence-electron chi connectivity index (χ2n) is 3.38. The Hall–Kier alpha value is -2.37. The van der Waals surface area contributed by atoms with Gasteiger partial charge in [0.25, 0.3) is 0 Å². The van der Waals surface area contributed by atoms with Crippen molar-refractivity contribution in [3.05, 3.63) is 47.9 Å². The number of hydrogen-bond donors (Lipinski definition) is 0. The first kappa shape index (κ1) is 12.1. The monoisotopic (exact) mass is 250 g/mol. The molecule has 0 fully saturated rings. The lowest BCUT2D eigenvalue weighted by Crippen LogP contribution is -2.07. The molecule has 0 aliphatic rings. The summed E-state index contributed by atoms with van der Waals surface area (Å²) in [5.74, 6) is -2.35. The van der Waals surface area contributed by atoms with Crippen LogP contribution in [0.15, 0.2) is 30.5 Å². The van der Waals surface area contributed by atoms with Crippen molar-refractivity contribution in [1.82, 2.24) is 9.97 Å². The highest BCUT2D eigenvalue weighted by Gasteiger charge is 2.13. The van der Waals surface area contributed by atoms with Crippen molar-refractivity contribution in [3.8, 4) is 11.3 Å². The minimum atomic E-state index is -0.760. The van der Waals surface area contributed by atoms with Gasteiger partial charge in [0.2, 0.25) is 5.82 Å². The van der Waals surface area contributed by atoms with E-state index in [9.17, 15) is 13.6 Å². The van der Waals surface area contributed by atoms with Gasteiger partial charge >= 0.3 is 5.97 Å². The van der Waals surface area contributed by atoms with E-state index in [1.54, 1.807) is 0 Å². The zero-order valence-electron chi connectivity index (χ0n) is 9.35. The Morgan fingerprint density at radius 2 is 2.06 bits per heavy atom. The number of rotatable bonds is 2. The molecule has 0 N–H and O–H groups in total. The minimum Gasteiger partial charge on any atom is -0.463 e. The van der Waals surface area contributed by atoms with Crippen molar-refractivity contribution in [1.29, 1.82) is 0 Å². The summed E-state index contributed by atoms with van der Waals surface area (Å²) in [5.41, 5.74) is 0.270. The number of methoxy groups -OCH3 is 1. The van der Waals surface area contributed by atoms with E-state index in [0.717, 1.165) is 12.1 Å². The molecule has 2 aromatic rings. The summed E-state index contributed by atoms with van der Waals surface area (Å²) in [6.07, 6.45) is 1.30. The highest BCUT2D eigenvalue weighted by molar-refractivity contribution is 5.85. The third-order valence-electron chi connectivity index (χ3n) is 2.23. The average molecular weight is 250 g/mol. The molecular weight excluding hydrogens is 242 g/mol. The topological polar surface area (TPSA) is 52.1 Å². The fraction of sp³-hybridized carbons (Fsp3) is 0.0833. The molecule has 4 nitrogen and oxygen atoms in total. The third-order valence-corrected chi connectivity index (χ3v) is 2.23. The van der Waals surface area contributed by atoms with Crippen LogP contribution in [0.1, 0.15) is 10.6 Å². The number of esters is 1. The molecule has 92 valence electrons. The summed E-state index contributed by atoms with van der Waals surface area (Å²) in [5, 5.41) is 0. The molecule has 0 amide bonds. The van der Waals surface area contributed by atoms with E-state index in [0.29, 0.717) is 0 Å². The highest BCUT2D eigenvalue weighted by Crippen LogP contribution is 2.21. The summed E-state index contributed by atoms with van der Waals surface area (Å²) in [7, 11) is 1.19. The number of carbonyl (C=O) groups is 1. The normalized spacial score (nSPS) is 10.2. The predicted molar refractivity (Wildman–Crippen MR) is 58.7 cm³/mol. The van der Waals surface area contributed by atoms with Gasteiger partial charge < -0.3 is 4.74 Å². The summed E-state index contributed by atoms with van der Waals surface area (Å²) in [6.45, 7) is 0. The molecule has 0 bridgehead atoms. The first-order chi connectivity index (χ1) is 8.61. The minimum absolute atomic E-state index is 0.0870. The lowest BCUT2D eigenvalue weighted by Gasteiger charge is -2.04. The number of halogens is 2. The van der Waals surface area contributed by atoms with Crippen molar-refractivity contribution in [2.45, 2.75) is 0 Å². The number of benzene rings is 1. The van der Waals surface area contributed by atoms with Crippen LogP contribution in [0.3, 0.4) is 0 Å². The van der Waals surface area contributed by atoms with Crippen molar-refractivity contribution in [3.63, 3.8) is 0 Å². The van der Waals surface area contributed by atoms with Crippen LogP contribution >= 0.6 is 0 Å². The maximum Gasteiger partial charge on any atom is 0.376 e. The lowest BCUT2D eigenvalue weighted by atomic mass is 10.1. The maximum absolute atomic E-state index is 13.5. The smallest absolute Gasteiger partial charge is 0.376 e. The van der Waals surface area contributed by atoms with Crippen LogP contribution in [0, 0.1) is 11.6 Å². The summed E-state index contributed by atoms with van der Waals surface area (Å²) in [6, 6.07) is 4.52. The molecule has 0 saturated heterocycles. The molecule has 0 unspecified atom stereocenters. The van der Waals surface area contributed by atoms with Crippen molar-refractivity contribution >= 4 is 5.97 Å². The molecule has 6 heteroatoms. The summed E-state index contributed by atoms with van der Waals surface area (Å²) >= 11 is 0. The average Bonchev–Trinajstić information content (AvgIpc) is 2.38. The zero-order valence-corrected chi connectivity index (χ0v) is 9.35. The molecule has 0 spiro atoms. The molecular formula is C12H8F2N2O2. The molecule has 0 atom stereocenters. The molecule has 1 heterocycles. The third kappa shape index (κ3) is 2.32. The van der Waals surface area contributed by atoms with Gasteiger partial charge in [0.05, 0.1) is 12.8 Å². The van der Waals surface area contributed by atoms with Gasteiger partial charge in [-0.25, -0.2) is 23.5 Å². The van der Waals surface area contributed by atoms with E-state index >= 15 is 0 Å². The summed E-state index contributed by atoms with van der Waals surface area (Å²) in [4.78, 5) is 18.8. The second-order valence-corrected chi connectivity index (χ2v) is 3.38. The van der Waals surface area contributed by atoms with E-state index in [4.69, 9.17) is 0 Å². The molecule has 0 aliphatic heterocycles. The Morgan fingerprint density at radius 3 is 2.72 bits per heavy atom. The molecule has 0 radical (unpaired) electrons. The van der Waals surface area contributed by atoms with Crippen LogP contribution in [0.4, 0.5) is 8.78 Å². The Balaban J connectivity index is 2.48. The molecule has 1 aromatic heterocycles. The highest BCUT2D eigenvalue weighted by atomic mass is 19.1. The van der Waals surface area contributed by atoms with E-state index in [1.807, 2.05) is 0 Å². The van der Waals surface area contributed by atoms with Gasteiger partial charge in [-0.3, -0.25) is 0 Å². The van der Waals surface area contributed by atoms with Crippen molar-refractivity contribution < 1.29 is 18.3 Å². The van der Waals surface area contributed by atoms with E-state index in [1.165, 1.54) is 25.4 Å². The van der Waals surface area contributed by atoms with Gasteiger partial charge in [-0.05, 0) is 18.2 Å². The van der Waals surface area contributed by atoms with Crippen LogP contribution < -0.4 is 0 Å². The Labute approximate surface area is 101 Å². The largest absolute Gasteiger partial charge is 0.463 e. The van der Waals surface area contributed by atoms with E-state index in [-0.39, 0.29) is 17.1 Å². The molecule has 2 rings (SSSR count). The molecule has 0 aliphatic carbocycles. The number of carbonyl (C=O) groups excluding carboxylic acids is 1. The number of aromatic nitrogens is 2.